The number of anilines is 1. The number of carbonyl (C=O) groups is 3. The van der Waals surface area contributed by atoms with Crippen molar-refractivity contribution in [1.29, 1.82) is 0 Å². The van der Waals surface area contributed by atoms with Gasteiger partial charge in [0.25, 0.3) is 0 Å². The van der Waals surface area contributed by atoms with E-state index in [9.17, 15) is 19.5 Å². The van der Waals surface area contributed by atoms with Gasteiger partial charge >= 0.3 is 0 Å². The topological polar surface area (TPSA) is 245 Å². The minimum atomic E-state index is -0.637. The van der Waals surface area contributed by atoms with Gasteiger partial charge in [-0.3, -0.25) is 25.2 Å². The highest BCUT2D eigenvalue weighted by Crippen LogP contribution is 2.21. The molecule has 15 nitrogen and oxygen atoms in total. The lowest BCUT2D eigenvalue weighted by Crippen LogP contribution is -2.50. The average molecular weight is 753 g/mol. The van der Waals surface area contributed by atoms with Gasteiger partial charge in [-0.15, -0.1) is 0 Å². The highest BCUT2D eigenvalue weighted by atomic mass is 16.3. The zero-order chi connectivity index (χ0) is 40.5. The number of unbranched alkanes of at least 4 members (excludes halogenated alkanes) is 1. The number of nitrogens with one attached hydrogen (secondary N) is 5. The fraction of sp³-hybridized carbons (Fsp3) is 0.487. The Morgan fingerprint density at radius 3 is 2.30 bits per heavy atom. The second kappa shape index (κ2) is 26.7. The van der Waals surface area contributed by atoms with Crippen LogP contribution in [0.1, 0.15) is 69.1 Å². The first kappa shape index (κ1) is 47.1. The van der Waals surface area contributed by atoms with Crippen LogP contribution in [0.3, 0.4) is 0 Å². The third-order valence-electron chi connectivity index (χ3n) is 8.42. The van der Waals surface area contributed by atoms with Crippen molar-refractivity contribution in [1.82, 2.24) is 31.5 Å². The van der Waals surface area contributed by atoms with Crippen LogP contribution in [0.2, 0.25) is 0 Å². The molecule has 0 heterocycles. The van der Waals surface area contributed by atoms with Crippen molar-refractivity contribution in [2.75, 3.05) is 39.5 Å². The molecule has 54 heavy (non-hydrogen) atoms. The van der Waals surface area contributed by atoms with Crippen molar-refractivity contribution in [2.45, 2.75) is 89.8 Å². The van der Waals surface area contributed by atoms with Crippen molar-refractivity contribution in [3.8, 4) is 0 Å². The number of aliphatic imine (C=N–C) groups is 1. The van der Waals surface area contributed by atoms with E-state index in [1.54, 1.807) is 26.0 Å². The Balaban J connectivity index is 0.00000716. The minimum absolute atomic E-state index is 0.0146. The molecule has 2 rings (SSSR count). The summed E-state index contributed by atoms with van der Waals surface area (Å²) in [4.78, 5) is 42.2. The second-order valence-corrected chi connectivity index (χ2v) is 13.0. The first-order chi connectivity index (χ1) is 25.8. The Bertz CT molecular complexity index is 1460. The number of carbonyl (C=O) groups excluding carboxylic acids is 3. The number of guanidine groups is 1. The molecule has 0 bridgehead atoms. The number of hydrogen-bond acceptors (Lipinski definition) is 11. The smallest absolute Gasteiger partial charge is 0.234 e. The SMILES string of the molecule is C=C(NC(CCCCNC(=O)Cc1ccc(N)cc1)C(=C)N(C)C(CCCN=C(N)N)NCC(=O)NC(C)CC=O)c1cccc(CNC(C)O)c1.CO. The van der Waals surface area contributed by atoms with Crippen LogP contribution >= 0.6 is 0 Å². The van der Waals surface area contributed by atoms with E-state index < -0.39 is 6.23 Å². The molecule has 0 aliphatic carbocycles. The lowest BCUT2D eigenvalue weighted by atomic mass is 10.0. The summed E-state index contributed by atoms with van der Waals surface area (Å²) in [6, 6.07) is 14.7. The van der Waals surface area contributed by atoms with Gasteiger partial charge in [0.15, 0.2) is 5.96 Å². The molecule has 13 N–H and O–H groups in total. The number of benzene rings is 2. The molecule has 0 spiro atoms. The van der Waals surface area contributed by atoms with Crippen LogP contribution in [0.25, 0.3) is 5.70 Å². The fourth-order valence-electron chi connectivity index (χ4n) is 5.45. The largest absolute Gasteiger partial charge is 0.400 e. The summed E-state index contributed by atoms with van der Waals surface area (Å²) in [5.41, 5.74) is 21.8. The van der Waals surface area contributed by atoms with Gasteiger partial charge < -0.3 is 53.1 Å². The van der Waals surface area contributed by atoms with E-state index in [2.05, 4.69) is 44.7 Å². The first-order valence-electron chi connectivity index (χ1n) is 18.2. The van der Waals surface area contributed by atoms with Crippen LogP contribution in [-0.4, -0.2) is 97.4 Å². The highest BCUT2D eigenvalue weighted by molar-refractivity contribution is 5.79. The Morgan fingerprint density at radius 2 is 1.65 bits per heavy atom. The molecule has 0 aromatic heterocycles. The van der Waals surface area contributed by atoms with Crippen LogP contribution in [0.4, 0.5) is 5.69 Å². The average Bonchev–Trinajstić information content (AvgIpc) is 3.14. The normalized spacial score (nSPS) is 12.8. The number of nitrogens with zero attached hydrogens (tertiary/aromatic N) is 2. The number of nitrogens with two attached hydrogens (primary N) is 3. The van der Waals surface area contributed by atoms with E-state index in [0.717, 1.165) is 48.6 Å². The number of nitrogen functional groups attached to an aromatic ring is 1. The molecular formula is C39H64N10O5. The molecule has 2 amide bonds. The molecule has 0 saturated heterocycles. The summed E-state index contributed by atoms with van der Waals surface area (Å²) < 4.78 is 0. The van der Waals surface area contributed by atoms with Gasteiger partial charge in [0, 0.05) is 63.3 Å². The van der Waals surface area contributed by atoms with Crippen LogP contribution < -0.4 is 43.8 Å². The molecule has 4 unspecified atom stereocenters. The molecule has 0 aliphatic rings. The lowest BCUT2D eigenvalue weighted by Gasteiger charge is -2.37. The summed E-state index contributed by atoms with van der Waals surface area (Å²) in [6.07, 6.45) is 3.81. The number of aldehydes is 1. The van der Waals surface area contributed by atoms with Crippen LogP contribution in [-0.2, 0) is 27.3 Å². The van der Waals surface area contributed by atoms with Gasteiger partial charge in [0.2, 0.25) is 11.8 Å². The van der Waals surface area contributed by atoms with Gasteiger partial charge in [-0.05, 0) is 80.8 Å². The number of amides is 2. The molecule has 2 aromatic carbocycles. The Morgan fingerprint density at radius 1 is 0.944 bits per heavy atom. The van der Waals surface area contributed by atoms with Crippen LogP contribution in [0, 0.1) is 0 Å². The third kappa shape index (κ3) is 19.8. The van der Waals surface area contributed by atoms with Gasteiger partial charge in [-0.2, -0.15) is 0 Å². The maximum absolute atomic E-state index is 12.7. The Hall–Kier alpha value is -4.96. The molecule has 15 heteroatoms. The zero-order valence-electron chi connectivity index (χ0n) is 32.4. The summed E-state index contributed by atoms with van der Waals surface area (Å²) >= 11 is 0. The van der Waals surface area contributed by atoms with E-state index in [0.29, 0.717) is 50.3 Å². The van der Waals surface area contributed by atoms with Gasteiger partial charge in [-0.25, -0.2) is 0 Å². The molecular weight excluding hydrogens is 688 g/mol. The van der Waals surface area contributed by atoms with E-state index in [1.165, 1.54) is 0 Å². The van der Waals surface area contributed by atoms with Crippen molar-refractivity contribution < 1.29 is 24.6 Å². The van der Waals surface area contributed by atoms with Gasteiger partial charge in [0.05, 0.1) is 25.2 Å². The molecule has 4 atom stereocenters. The van der Waals surface area contributed by atoms with E-state index in [1.807, 2.05) is 48.3 Å². The van der Waals surface area contributed by atoms with E-state index in [-0.39, 0.29) is 55.4 Å². The molecule has 0 saturated carbocycles. The van der Waals surface area contributed by atoms with Crippen molar-refractivity contribution in [3.63, 3.8) is 0 Å². The maximum Gasteiger partial charge on any atom is 0.234 e. The van der Waals surface area contributed by atoms with Crippen LogP contribution in [0.5, 0.6) is 0 Å². The molecule has 2 aromatic rings. The highest BCUT2D eigenvalue weighted by Gasteiger charge is 2.23. The van der Waals surface area contributed by atoms with Crippen molar-refractivity contribution >= 4 is 35.4 Å². The predicted octanol–water partition coefficient (Wildman–Crippen LogP) is 1.27. The summed E-state index contributed by atoms with van der Waals surface area (Å²) in [5.74, 6) is -0.268. The number of hydrogen-bond donors (Lipinski definition) is 10. The Kier molecular flexibility index (Phi) is 23.3. The number of rotatable bonds is 26. The van der Waals surface area contributed by atoms with Gasteiger partial charge in [-0.1, -0.05) is 43.5 Å². The number of aliphatic hydroxyl groups excluding tert-OH is 2. The Labute approximate surface area is 320 Å². The molecule has 0 aliphatic heterocycles. The quantitative estimate of drug-likeness (QED) is 0.0163. The minimum Gasteiger partial charge on any atom is -0.400 e. The third-order valence-corrected chi connectivity index (χ3v) is 8.42. The lowest BCUT2D eigenvalue weighted by molar-refractivity contribution is -0.121. The number of likely N-dealkylation sites (N-methyl/N-ethyl adjacent to an activating group) is 1. The van der Waals surface area contributed by atoms with Crippen molar-refractivity contribution in [2.24, 2.45) is 16.5 Å². The van der Waals surface area contributed by atoms with E-state index in [4.69, 9.17) is 22.3 Å². The fourth-order valence-corrected chi connectivity index (χ4v) is 5.45. The number of aliphatic hydroxyl groups is 2. The zero-order valence-corrected chi connectivity index (χ0v) is 32.4. The molecule has 300 valence electrons. The monoisotopic (exact) mass is 753 g/mol. The predicted molar refractivity (Wildman–Crippen MR) is 217 cm³/mol. The summed E-state index contributed by atoms with van der Waals surface area (Å²) in [5, 5.41) is 32.5. The van der Waals surface area contributed by atoms with Crippen LogP contribution in [0.15, 0.2) is 72.4 Å². The van der Waals surface area contributed by atoms with Gasteiger partial charge in [0.1, 0.15) is 12.5 Å². The summed E-state index contributed by atoms with van der Waals surface area (Å²) in [6.45, 7) is 13.7. The first-order valence-corrected chi connectivity index (χ1v) is 18.2. The summed E-state index contributed by atoms with van der Waals surface area (Å²) in [7, 11) is 2.92. The van der Waals surface area contributed by atoms with Crippen molar-refractivity contribution in [3.05, 3.63) is 84.1 Å². The molecule has 0 fully saturated rings. The second-order valence-electron chi connectivity index (χ2n) is 13.0. The van der Waals surface area contributed by atoms with E-state index >= 15 is 0 Å². The molecule has 0 radical (unpaired) electrons. The standard InChI is InChI=1S/C38H60N10O4.CH4O/c1-26(18-21-49)46-37(52)25-45-35(13-9-20-43-38(40)41)48(5)28(3)34(47-27(2)32-11-8-10-31(22-32)24-44-29(4)50)12-6-7-19-42-36(51)23-30-14-16-33(39)17-15-30;1-2/h8,10-11,14-17,21-22,26,29,34-35,44-45,47,50H,2-3,6-7,9,12-13,18-20,23-25,39H2,1,4-5H3,(H,42,51)(H,46,52)(H4,40,41,43);2H,1H3. The maximum atomic E-state index is 12.7.